The highest BCUT2D eigenvalue weighted by molar-refractivity contribution is 7.22. The van der Waals surface area contributed by atoms with E-state index in [4.69, 9.17) is 21.3 Å². The van der Waals surface area contributed by atoms with E-state index < -0.39 is 5.97 Å². The Bertz CT molecular complexity index is 1080. The van der Waals surface area contributed by atoms with E-state index in [1.807, 2.05) is 33.2 Å². The number of thiazole rings is 1. The van der Waals surface area contributed by atoms with Crippen LogP contribution in [-0.4, -0.2) is 56.1 Å². The fraction of sp³-hybridized carbons (Fsp3) is 0.318. The van der Waals surface area contributed by atoms with Crippen molar-refractivity contribution in [3.05, 3.63) is 58.1 Å². The molecule has 1 aromatic heterocycles. The van der Waals surface area contributed by atoms with E-state index >= 15 is 0 Å². The van der Waals surface area contributed by atoms with Crippen molar-refractivity contribution in [3.63, 3.8) is 0 Å². The van der Waals surface area contributed by atoms with Crippen LogP contribution in [0.3, 0.4) is 0 Å². The number of rotatable bonds is 7. The van der Waals surface area contributed by atoms with Crippen LogP contribution in [0.2, 0.25) is 5.02 Å². The van der Waals surface area contributed by atoms with Crippen molar-refractivity contribution in [2.75, 3.05) is 39.2 Å². The Balaban J connectivity index is 2.04. The summed E-state index contributed by atoms with van der Waals surface area (Å²) in [5.74, 6) is -0.823. The molecular formula is C22H24ClN3O3S. The molecule has 6 nitrogen and oxygen atoms in total. The molecular weight excluding hydrogens is 422 g/mol. The van der Waals surface area contributed by atoms with Gasteiger partial charge in [-0.25, -0.2) is 9.78 Å². The van der Waals surface area contributed by atoms with Gasteiger partial charge >= 0.3 is 5.97 Å². The lowest BCUT2D eigenvalue weighted by Gasteiger charge is -2.22. The van der Waals surface area contributed by atoms with Crippen molar-refractivity contribution >= 4 is 50.2 Å². The molecule has 8 heteroatoms. The number of carbonyl (C=O) groups is 2. The van der Waals surface area contributed by atoms with Crippen LogP contribution in [0.25, 0.3) is 10.2 Å². The van der Waals surface area contributed by atoms with Crippen molar-refractivity contribution < 1.29 is 14.3 Å². The molecule has 0 fully saturated rings. The van der Waals surface area contributed by atoms with Gasteiger partial charge in [-0.3, -0.25) is 9.69 Å². The number of methoxy groups -OCH3 is 1. The highest BCUT2D eigenvalue weighted by Gasteiger charge is 2.26. The summed E-state index contributed by atoms with van der Waals surface area (Å²) in [4.78, 5) is 34.2. The molecule has 0 N–H and O–H groups in total. The summed E-state index contributed by atoms with van der Waals surface area (Å²) in [6, 6.07) is 10.4. The summed E-state index contributed by atoms with van der Waals surface area (Å²) < 4.78 is 5.82. The Kier molecular flexibility index (Phi) is 7.07. The molecule has 3 rings (SSSR count). The van der Waals surface area contributed by atoms with E-state index in [9.17, 15) is 9.59 Å². The highest BCUT2D eigenvalue weighted by Crippen LogP contribution is 2.34. The minimum absolute atomic E-state index is 0.239. The summed E-state index contributed by atoms with van der Waals surface area (Å²) in [6.07, 6.45) is 0.759. The number of nitrogens with zero attached hydrogens (tertiary/aromatic N) is 3. The van der Waals surface area contributed by atoms with Gasteiger partial charge in [0.2, 0.25) is 0 Å². The second kappa shape index (κ2) is 9.55. The lowest BCUT2D eigenvalue weighted by molar-refractivity contribution is 0.0597. The maximum absolute atomic E-state index is 13.5. The second-order valence-corrected chi connectivity index (χ2v) is 8.58. The summed E-state index contributed by atoms with van der Waals surface area (Å²) >= 11 is 7.69. The number of amides is 1. The van der Waals surface area contributed by atoms with Gasteiger partial charge in [-0.1, -0.05) is 35.1 Å². The van der Waals surface area contributed by atoms with Crippen LogP contribution in [0.15, 0.2) is 36.4 Å². The predicted octanol–water partition coefficient (Wildman–Crippen LogP) is 4.64. The Morgan fingerprint density at radius 2 is 1.80 bits per heavy atom. The molecule has 0 aliphatic rings. The molecule has 2 aromatic carbocycles. The van der Waals surface area contributed by atoms with Crippen molar-refractivity contribution in [2.45, 2.75) is 13.3 Å². The molecule has 0 saturated carbocycles. The maximum atomic E-state index is 13.5. The first kappa shape index (κ1) is 22.2. The smallest absolute Gasteiger partial charge is 0.338 e. The van der Waals surface area contributed by atoms with Gasteiger partial charge in [0.15, 0.2) is 5.13 Å². The normalized spacial score (nSPS) is 11.1. The number of esters is 1. The van der Waals surface area contributed by atoms with E-state index in [-0.39, 0.29) is 11.5 Å². The predicted molar refractivity (Wildman–Crippen MR) is 122 cm³/mol. The maximum Gasteiger partial charge on any atom is 0.338 e. The molecule has 1 amide bonds. The number of aromatic nitrogens is 1. The average Bonchev–Trinajstić information content (AvgIpc) is 3.17. The van der Waals surface area contributed by atoms with Gasteiger partial charge in [0.05, 0.1) is 28.5 Å². The summed E-state index contributed by atoms with van der Waals surface area (Å²) in [5.41, 5.74) is 2.20. The molecule has 30 heavy (non-hydrogen) atoms. The molecule has 158 valence electrons. The molecule has 0 spiro atoms. The third-order valence-corrected chi connectivity index (χ3v) is 6.22. The molecule has 0 radical (unpaired) electrons. The third kappa shape index (κ3) is 4.64. The van der Waals surface area contributed by atoms with Crippen molar-refractivity contribution in [1.29, 1.82) is 0 Å². The number of halogens is 1. The summed E-state index contributed by atoms with van der Waals surface area (Å²) in [6.45, 7) is 3.20. The van der Waals surface area contributed by atoms with Crippen LogP contribution in [0, 0.1) is 6.92 Å². The zero-order valence-electron chi connectivity index (χ0n) is 17.4. The minimum Gasteiger partial charge on any atom is -0.465 e. The number of hydrogen-bond acceptors (Lipinski definition) is 6. The summed E-state index contributed by atoms with van der Waals surface area (Å²) in [5, 5.41) is 1.22. The van der Waals surface area contributed by atoms with Gasteiger partial charge in [-0.15, -0.1) is 0 Å². The van der Waals surface area contributed by atoms with Crippen LogP contribution in [-0.2, 0) is 4.74 Å². The Morgan fingerprint density at radius 1 is 1.10 bits per heavy atom. The molecule has 3 aromatic rings. The topological polar surface area (TPSA) is 62.7 Å². The lowest BCUT2D eigenvalue weighted by Crippen LogP contribution is -2.34. The first-order chi connectivity index (χ1) is 14.3. The Labute approximate surface area is 185 Å². The van der Waals surface area contributed by atoms with Crippen molar-refractivity contribution in [3.8, 4) is 0 Å². The molecule has 1 heterocycles. The van der Waals surface area contributed by atoms with Crippen molar-refractivity contribution in [2.24, 2.45) is 0 Å². The van der Waals surface area contributed by atoms with Crippen LogP contribution >= 0.6 is 22.9 Å². The van der Waals surface area contributed by atoms with Crippen LogP contribution < -0.4 is 4.90 Å². The first-order valence-electron chi connectivity index (χ1n) is 9.53. The molecule has 0 aliphatic heterocycles. The highest BCUT2D eigenvalue weighted by atomic mass is 35.5. The number of aryl methyl sites for hydroxylation is 1. The van der Waals surface area contributed by atoms with E-state index in [2.05, 4.69) is 4.90 Å². The SMILES string of the molecule is COC(=O)c1ccccc1C(=O)N(CCCN(C)C)c1nc2c(C)c(Cl)ccc2s1. The van der Waals surface area contributed by atoms with E-state index in [1.54, 1.807) is 29.2 Å². The average molecular weight is 446 g/mol. The van der Waals surface area contributed by atoms with Gasteiger partial charge in [-0.05, 0) is 63.8 Å². The number of hydrogen-bond donors (Lipinski definition) is 0. The van der Waals surface area contributed by atoms with Gasteiger partial charge < -0.3 is 9.64 Å². The monoisotopic (exact) mass is 445 g/mol. The fourth-order valence-corrected chi connectivity index (χ4v) is 4.34. The number of benzene rings is 2. The van der Waals surface area contributed by atoms with Gasteiger partial charge in [0.1, 0.15) is 0 Å². The quantitative estimate of drug-likeness (QED) is 0.495. The number of anilines is 1. The first-order valence-corrected chi connectivity index (χ1v) is 10.7. The third-order valence-electron chi connectivity index (χ3n) is 4.76. The largest absolute Gasteiger partial charge is 0.465 e. The number of fused-ring (bicyclic) bond motifs is 1. The molecule has 0 atom stereocenters. The zero-order chi connectivity index (χ0) is 21.8. The van der Waals surface area contributed by atoms with Gasteiger partial charge in [0.25, 0.3) is 5.91 Å². The van der Waals surface area contributed by atoms with E-state index in [1.165, 1.54) is 18.4 Å². The minimum atomic E-state index is -0.542. The van der Waals surface area contributed by atoms with E-state index in [0.717, 1.165) is 28.7 Å². The molecule has 0 aliphatic carbocycles. The summed E-state index contributed by atoms with van der Waals surface area (Å²) in [7, 11) is 5.28. The standard InChI is InChI=1S/C22H24ClN3O3S/c1-14-17(23)10-11-18-19(14)24-22(30-18)26(13-7-12-25(2)3)20(27)15-8-5-6-9-16(15)21(28)29-4/h5-6,8-11H,7,12-13H2,1-4H3. The van der Waals surface area contributed by atoms with Crippen LogP contribution in [0.5, 0.6) is 0 Å². The fourth-order valence-electron chi connectivity index (χ4n) is 3.14. The Hall–Kier alpha value is -2.48. The van der Waals surface area contributed by atoms with Crippen molar-refractivity contribution in [1.82, 2.24) is 9.88 Å². The number of ether oxygens (including phenoxy) is 1. The zero-order valence-corrected chi connectivity index (χ0v) is 19.0. The number of carbonyl (C=O) groups excluding carboxylic acids is 2. The lowest BCUT2D eigenvalue weighted by atomic mass is 10.1. The molecule has 0 unspecified atom stereocenters. The van der Waals surface area contributed by atoms with E-state index in [0.29, 0.717) is 22.3 Å². The van der Waals surface area contributed by atoms with Crippen LogP contribution in [0.1, 0.15) is 32.7 Å². The molecule has 0 bridgehead atoms. The second-order valence-electron chi connectivity index (χ2n) is 7.17. The molecule has 0 saturated heterocycles. The van der Waals surface area contributed by atoms with Gasteiger partial charge in [0, 0.05) is 11.6 Å². The van der Waals surface area contributed by atoms with Crippen LogP contribution in [0.4, 0.5) is 5.13 Å². The Morgan fingerprint density at radius 3 is 2.47 bits per heavy atom. The van der Waals surface area contributed by atoms with Gasteiger partial charge in [-0.2, -0.15) is 0 Å².